The van der Waals surface area contributed by atoms with Gasteiger partial charge in [-0.2, -0.15) is 0 Å². The van der Waals surface area contributed by atoms with Crippen molar-refractivity contribution in [2.45, 2.75) is 6.54 Å². The SMILES string of the molecule is O=C(O)c1ccc2ccn(Cc3ccc(Br)o3)c2c1. The molecular weight excluding hydrogens is 310 g/mol. The Balaban J connectivity index is 2.03. The summed E-state index contributed by atoms with van der Waals surface area (Å²) in [5.41, 5.74) is 1.17. The molecule has 0 unspecified atom stereocenters. The van der Waals surface area contributed by atoms with Crippen LogP contribution in [0.2, 0.25) is 0 Å². The van der Waals surface area contributed by atoms with Crippen molar-refractivity contribution in [3.05, 3.63) is 58.6 Å². The fraction of sp³-hybridized carbons (Fsp3) is 0.0714. The van der Waals surface area contributed by atoms with Gasteiger partial charge < -0.3 is 14.1 Å². The lowest BCUT2D eigenvalue weighted by Crippen LogP contribution is -1.99. The summed E-state index contributed by atoms with van der Waals surface area (Å²) in [6.07, 6.45) is 1.92. The summed E-state index contributed by atoms with van der Waals surface area (Å²) in [5.74, 6) is -0.111. The van der Waals surface area contributed by atoms with E-state index in [9.17, 15) is 4.79 Å². The molecule has 0 aliphatic heterocycles. The first kappa shape index (κ1) is 12.0. The first-order valence-electron chi connectivity index (χ1n) is 5.70. The second-order valence-corrected chi connectivity index (χ2v) is 5.01. The lowest BCUT2D eigenvalue weighted by molar-refractivity contribution is 0.0697. The minimum absolute atomic E-state index is 0.285. The molecule has 0 spiro atoms. The van der Waals surface area contributed by atoms with Crippen LogP contribution in [-0.2, 0) is 6.54 Å². The topological polar surface area (TPSA) is 55.4 Å². The Morgan fingerprint density at radius 2 is 2.11 bits per heavy atom. The molecule has 5 heteroatoms. The van der Waals surface area contributed by atoms with Crippen molar-refractivity contribution in [2.75, 3.05) is 0 Å². The quantitative estimate of drug-likeness (QED) is 0.800. The van der Waals surface area contributed by atoms with Crippen molar-refractivity contribution < 1.29 is 14.3 Å². The highest BCUT2D eigenvalue weighted by molar-refractivity contribution is 9.10. The maximum Gasteiger partial charge on any atom is 0.335 e. The summed E-state index contributed by atoms with van der Waals surface area (Å²) in [4.78, 5) is 11.0. The van der Waals surface area contributed by atoms with Gasteiger partial charge in [0.1, 0.15) is 5.76 Å². The van der Waals surface area contributed by atoms with Crippen LogP contribution in [0.15, 0.2) is 51.7 Å². The third-order valence-electron chi connectivity index (χ3n) is 2.98. The zero-order valence-electron chi connectivity index (χ0n) is 9.84. The molecule has 0 atom stereocenters. The predicted molar refractivity (Wildman–Crippen MR) is 74.4 cm³/mol. The van der Waals surface area contributed by atoms with Crippen LogP contribution < -0.4 is 0 Å². The number of aromatic nitrogens is 1. The number of hydrogen-bond acceptors (Lipinski definition) is 2. The molecule has 2 heterocycles. The van der Waals surface area contributed by atoms with Crippen LogP contribution in [-0.4, -0.2) is 15.6 Å². The van der Waals surface area contributed by atoms with Gasteiger partial charge in [-0.15, -0.1) is 0 Å². The van der Waals surface area contributed by atoms with E-state index in [0.29, 0.717) is 11.2 Å². The van der Waals surface area contributed by atoms with Gasteiger partial charge in [-0.25, -0.2) is 4.79 Å². The van der Waals surface area contributed by atoms with Crippen LogP contribution in [0.4, 0.5) is 0 Å². The Bertz CT molecular complexity index is 757. The van der Waals surface area contributed by atoms with Crippen LogP contribution >= 0.6 is 15.9 Å². The van der Waals surface area contributed by atoms with Crippen molar-refractivity contribution in [3.63, 3.8) is 0 Å². The second-order valence-electron chi connectivity index (χ2n) is 4.23. The zero-order valence-corrected chi connectivity index (χ0v) is 11.4. The second kappa shape index (κ2) is 4.59. The molecule has 3 rings (SSSR count). The molecule has 1 N–H and O–H groups in total. The Kier molecular flexibility index (Phi) is 2.91. The van der Waals surface area contributed by atoms with E-state index in [0.717, 1.165) is 16.7 Å². The summed E-state index contributed by atoms with van der Waals surface area (Å²) in [6, 6.07) is 10.8. The largest absolute Gasteiger partial charge is 0.478 e. The molecule has 96 valence electrons. The van der Waals surface area contributed by atoms with Crippen molar-refractivity contribution in [3.8, 4) is 0 Å². The van der Waals surface area contributed by atoms with Gasteiger partial charge in [0.25, 0.3) is 0 Å². The van der Waals surface area contributed by atoms with E-state index < -0.39 is 5.97 Å². The molecular formula is C14H10BrNO3. The molecule has 2 aromatic heterocycles. The third kappa shape index (κ3) is 2.29. The number of rotatable bonds is 3. The monoisotopic (exact) mass is 319 g/mol. The molecule has 0 radical (unpaired) electrons. The Labute approximate surface area is 117 Å². The summed E-state index contributed by atoms with van der Waals surface area (Å²) < 4.78 is 8.11. The van der Waals surface area contributed by atoms with Crippen LogP contribution in [0, 0.1) is 0 Å². The van der Waals surface area contributed by atoms with Gasteiger partial charge in [0, 0.05) is 11.7 Å². The molecule has 0 amide bonds. The summed E-state index contributed by atoms with van der Waals surface area (Å²) in [5, 5.41) is 10.0. The average Bonchev–Trinajstić information content (AvgIpc) is 2.96. The van der Waals surface area contributed by atoms with E-state index in [4.69, 9.17) is 9.52 Å². The number of fused-ring (bicyclic) bond motifs is 1. The lowest BCUT2D eigenvalue weighted by Gasteiger charge is -2.03. The minimum atomic E-state index is -0.921. The van der Waals surface area contributed by atoms with E-state index >= 15 is 0 Å². The van der Waals surface area contributed by atoms with Crippen LogP contribution in [0.25, 0.3) is 10.9 Å². The third-order valence-corrected chi connectivity index (χ3v) is 3.40. The molecule has 0 fully saturated rings. The number of carbonyl (C=O) groups is 1. The van der Waals surface area contributed by atoms with Gasteiger partial charge >= 0.3 is 5.97 Å². The molecule has 0 aliphatic carbocycles. The summed E-state index contributed by atoms with van der Waals surface area (Å²) >= 11 is 3.26. The molecule has 0 saturated heterocycles. The van der Waals surface area contributed by atoms with Gasteiger partial charge in [-0.1, -0.05) is 6.07 Å². The first-order chi connectivity index (χ1) is 9.13. The molecule has 19 heavy (non-hydrogen) atoms. The highest BCUT2D eigenvalue weighted by atomic mass is 79.9. The number of carboxylic acid groups (broad SMARTS) is 1. The number of benzene rings is 1. The van der Waals surface area contributed by atoms with Gasteiger partial charge in [-0.3, -0.25) is 0 Å². The van der Waals surface area contributed by atoms with Gasteiger partial charge in [-0.05, 0) is 51.6 Å². The average molecular weight is 320 g/mol. The number of nitrogens with zero attached hydrogens (tertiary/aromatic N) is 1. The highest BCUT2D eigenvalue weighted by Gasteiger charge is 2.08. The van der Waals surface area contributed by atoms with Crippen molar-refractivity contribution in [1.29, 1.82) is 0 Å². The Hall–Kier alpha value is -2.01. The van der Waals surface area contributed by atoms with E-state index in [2.05, 4.69) is 15.9 Å². The van der Waals surface area contributed by atoms with E-state index in [1.165, 1.54) is 0 Å². The molecule has 0 saturated carbocycles. The van der Waals surface area contributed by atoms with Crippen LogP contribution in [0.5, 0.6) is 0 Å². The number of hydrogen-bond donors (Lipinski definition) is 1. The smallest absolute Gasteiger partial charge is 0.335 e. The van der Waals surface area contributed by atoms with Gasteiger partial charge in [0.2, 0.25) is 0 Å². The number of furan rings is 1. The number of halogens is 1. The standard InChI is InChI=1S/C14H10BrNO3/c15-13-4-3-11(19-13)8-16-6-5-9-1-2-10(14(17)18)7-12(9)16/h1-7H,8H2,(H,17,18). The lowest BCUT2D eigenvalue weighted by atomic mass is 10.1. The van der Waals surface area contributed by atoms with Crippen LogP contribution in [0.1, 0.15) is 16.1 Å². The van der Waals surface area contributed by atoms with E-state index in [1.54, 1.807) is 12.1 Å². The van der Waals surface area contributed by atoms with E-state index in [1.807, 2.05) is 35.0 Å². The molecule has 1 aromatic carbocycles. The van der Waals surface area contributed by atoms with Crippen molar-refractivity contribution in [1.82, 2.24) is 4.57 Å². The van der Waals surface area contributed by atoms with Crippen molar-refractivity contribution in [2.24, 2.45) is 0 Å². The Morgan fingerprint density at radius 3 is 2.79 bits per heavy atom. The fourth-order valence-electron chi connectivity index (χ4n) is 2.06. The predicted octanol–water partition coefficient (Wildman–Crippen LogP) is 3.74. The fourth-order valence-corrected chi connectivity index (χ4v) is 2.40. The Morgan fingerprint density at radius 1 is 1.26 bits per heavy atom. The normalized spacial score (nSPS) is 11.0. The highest BCUT2D eigenvalue weighted by Crippen LogP contribution is 2.21. The summed E-state index contributed by atoms with van der Waals surface area (Å²) in [7, 11) is 0. The molecule has 4 nitrogen and oxygen atoms in total. The maximum absolute atomic E-state index is 11.0. The molecule has 0 aliphatic rings. The minimum Gasteiger partial charge on any atom is -0.478 e. The molecule has 3 aromatic rings. The maximum atomic E-state index is 11.0. The number of aromatic carboxylic acids is 1. The van der Waals surface area contributed by atoms with E-state index in [-0.39, 0.29) is 5.56 Å². The van der Waals surface area contributed by atoms with Gasteiger partial charge in [0.15, 0.2) is 4.67 Å². The first-order valence-corrected chi connectivity index (χ1v) is 6.49. The molecule has 0 bridgehead atoms. The summed E-state index contributed by atoms with van der Waals surface area (Å²) in [6.45, 7) is 0.568. The number of carboxylic acids is 1. The zero-order chi connectivity index (χ0) is 13.4. The van der Waals surface area contributed by atoms with Crippen LogP contribution in [0.3, 0.4) is 0 Å². The van der Waals surface area contributed by atoms with Crippen molar-refractivity contribution >= 4 is 32.8 Å². The van der Waals surface area contributed by atoms with Gasteiger partial charge in [0.05, 0.1) is 12.1 Å².